The highest BCUT2D eigenvalue weighted by atomic mass is 16.5. The first kappa shape index (κ1) is 19.4. The van der Waals surface area contributed by atoms with Crippen molar-refractivity contribution >= 4 is 17.4 Å². The van der Waals surface area contributed by atoms with Crippen molar-refractivity contribution in [2.24, 2.45) is 0 Å². The molecule has 6 heteroatoms. The monoisotopic (exact) mass is 376 g/mol. The van der Waals surface area contributed by atoms with Crippen LogP contribution < -0.4 is 15.4 Å². The van der Waals surface area contributed by atoms with Crippen LogP contribution in [0.25, 0.3) is 0 Å². The number of methoxy groups -OCH3 is 1. The van der Waals surface area contributed by atoms with Gasteiger partial charge in [0, 0.05) is 12.2 Å². The first-order chi connectivity index (χ1) is 13.5. The van der Waals surface area contributed by atoms with Crippen molar-refractivity contribution in [3.05, 3.63) is 77.2 Å². The third kappa shape index (κ3) is 5.30. The molecule has 0 bridgehead atoms. The molecule has 0 spiro atoms. The van der Waals surface area contributed by atoms with Gasteiger partial charge in [-0.15, -0.1) is 0 Å². The Morgan fingerprint density at radius 1 is 1.00 bits per heavy atom. The maximum absolute atomic E-state index is 12.4. The first-order valence-corrected chi connectivity index (χ1v) is 9.12. The Kier molecular flexibility index (Phi) is 6.22. The summed E-state index contributed by atoms with van der Waals surface area (Å²) in [5.41, 5.74) is 4.42. The van der Waals surface area contributed by atoms with Crippen LogP contribution in [0, 0.1) is 13.8 Å². The Morgan fingerprint density at radius 2 is 1.71 bits per heavy atom. The Balaban J connectivity index is 1.53. The van der Waals surface area contributed by atoms with Crippen LogP contribution in [-0.2, 0) is 6.42 Å². The number of hydrogen-bond acceptors (Lipinski definition) is 5. The molecule has 0 saturated heterocycles. The lowest BCUT2D eigenvalue weighted by Crippen LogP contribution is -2.15. The second kappa shape index (κ2) is 8.99. The van der Waals surface area contributed by atoms with E-state index in [0.717, 1.165) is 35.5 Å². The van der Waals surface area contributed by atoms with Crippen LogP contribution in [-0.4, -0.2) is 29.5 Å². The van der Waals surface area contributed by atoms with Crippen LogP contribution in [0.4, 0.5) is 11.5 Å². The van der Waals surface area contributed by atoms with Gasteiger partial charge in [-0.1, -0.05) is 18.2 Å². The average molecular weight is 376 g/mol. The summed E-state index contributed by atoms with van der Waals surface area (Å²) >= 11 is 0. The van der Waals surface area contributed by atoms with Crippen molar-refractivity contribution in [2.75, 3.05) is 24.3 Å². The molecule has 0 aliphatic rings. The van der Waals surface area contributed by atoms with Crippen LogP contribution in [0.3, 0.4) is 0 Å². The van der Waals surface area contributed by atoms with Crippen LogP contribution >= 0.6 is 0 Å². The zero-order chi connectivity index (χ0) is 19.9. The molecule has 3 aromatic rings. The predicted molar refractivity (Wildman–Crippen MR) is 111 cm³/mol. The molecule has 2 N–H and O–H groups in total. The summed E-state index contributed by atoms with van der Waals surface area (Å²) in [6, 6.07) is 13.9. The second-order valence-electron chi connectivity index (χ2n) is 6.64. The standard InChI is InChI=1S/C22H24N4O2/c1-15-10-16(2)12-18(11-15)26-22(27)20-13-25-21(14-24-20)23-9-8-17-4-6-19(28-3)7-5-17/h4-7,10-14H,8-9H2,1-3H3,(H,23,25)(H,26,27). The summed E-state index contributed by atoms with van der Waals surface area (Å²) in [7, 11) is 1.65. The van der Waals surface area contributed by atoms with Crippen LogP contribution in [0.2, 0.25) is 0 Å². The first-order valence-electron chi connectivity index (χ1n) is 9.12. The largest absolute Gasteiger partial charge is 0.497 e. The molecule has 0 saturated carbocycles. The summed E-state index contributed by atoms with van der Waals surface area (Å²) in [5, 5.41) is 6.08. The zero-order valence-corrected chi connectivity index (χ0v) is 16.3. The molecule has 0 aliphatic carbocycles. The number of nitrogens with zero attached hydrogens (tertiary/aromatic N) is 2. The van der Waals surface area contributed by atoms with Gasteiger partial charge in [-0.3, -0.25) is 4.79 Å². The second-order valence-corrected chi connectivity index (χ2v) is 6.64. The number of aryl methyl sites for hydroxylation is 2. The number of ether oxygens (including phenoxy) is 1. The van der Waals surface area contributed by atoms with E-state index in [1.54, 1.807) is 13.3 Å². The molecule has 1 aromatic heterocycles. The van der Waals surface area contributed by atoms with Gasteiger partial charge in [0.05, 0.1) is 19.5 Å². The fourth-order valence-corrected chi connectivity index (χ4v) is 2.91. The van der Waals surface area contributed by atoms with E-state index in [9.17, 15) is 4.79 Å². The van der Waals surface area contributed by atoms with Gasteiger partial charge >= 0.3 is 0 Å². The predicted octanol–water partition coefficient (Wildman–Crippen LogP) is 4.01. The van der Waals surface area contributed by atoms with Crippen molar-refractivity contribution < 1.29 is 9.53 Å². The lowest BCUT2D eigenvalue weighted by atomic mass is 10.1. The Labute approximate surface area is 165 Å². The number of benzene rings is 2. The van der Waals surface area contributed by atoms with E-state index >= 15 is 0 Å². The molecule has 0 aliphatic heterocycles. The third-order valence-electron chi connectivity index (χ3n) is 4.24. The topological polar surface area (TPSA) is 76.1 Å². The number of nitrogens with one attached hydrogen (secondary N) is 2. The molecular formula is C22H24N4O2. The molecule has 1 amide bonds. The zero-order valence-electron chi connectivity index (χ0n) is 16.3. The molecule has 28 heavy (non-hydrogen) atoms. The lowest BCUT2D eigenvalue weighted by Gasteiger charge is -2.08. The lowest BCUT2D eigenvalue weighted by molar-refractivity contribution is 0.102. The number of rotatable bonds is 7. The number of anilines is 2. The summed E-state index contributed by atoms with van der Waals surface area (Å²) in [6.07, 6.45) is 3.90. The van der Waals surface area contributed by atoms with E-state index < -0.39 is 0 Å². The smallest absolute Gasteiger partial charge is 0.275 e. The van der Waals surface area contributed by atoms with E-state index in [2.05, 4.69) is 26.7 Å². The van der Waals surface area contributed by atoms with Gasteiger partial charge in [-0.25, -0.2) is 9.97 Å². The quantitative estimate of drug-likeness (QED) is 0.652. The highest BCUT2D eigenvalue weighted by molar-refractivity contribution is 6.02. The summed E-state index contributed by atoms with van der Waals surface area (Å²) in [6.45, 7) is 4.71. The highest BCUT2D eigenvalue weighted by Crippen LogP contribution is 2.15. The van der Waals surface area contributed by atoms with E-state index in [1.165, 1.54) is 11.8 Å². The number of hydrogen-bond donors (Lipinski definition) is 2. The van der Waals surface area contributed by atoms with E-state index in [1.807, 2.05) is 50.2 Å². The fourth-order valence-electron chi connectivity index (χ4n) is 2.91. The summed E-state index contributed by atoms with van der Waals surface area (Å²) < 4.78 is 5.16. The van der Waals surface area contributed by atoms with Gasteiger partial charge in [0.15, 0.2) is 0 Å². The molecular weight excluding hydrogens is 352 g/mol. The minimum absolute atomic E-state index is 0.276. The Bertz CT molecular complexity index is 918. The molecule has 3 rings (SSSR count). The van der Waals surface area contributed by atoms with Crippen molar-refractivity contribution in [3.8, 4) is 5.75 Å². The van der Waals surface area contributed by atoms with Gasteiger partial charge in [0.25, 0.3) is 5.91 Å². The Hall–Kier alpha value is -3.41. The maximum atomic E-state index is 12.4. The van der Waals surface area contributed by atoms with E-state index in [0.29, 0.717) is 5.82 Å². The molecule has 0 fully saturated rings. The van der Waals surface area contributed by atoms with E-state index in [4.69, 9.17) is 4.74 Å². The average Bonchev–Trinajstić information content (AvgIpc) is 2.68. The number of aromatic nitrogens is 2. The van der Waals surface area contributed by atoms with Crippen LogP contribution in [0.1, 0.15) is 27.2 Å². The normalized spacial score (nSPS) is 10.4. The van der Waals surface area contributed by atoms with Gasteiger partial charge in [0.2, 0.25) is 0 Å². The molecule has 0 unspecified atom stereocenters. The minimum Gasteiger partial charge on any atom is -0.497 e. The molecule has 1 heterocycles. The van der Waals surface area contributed by atoms with Crippen LogP contribution in [0.5, 0.6) is 5.75 Å². The molecule has 144 valence electrons. The number of carbonyl (C=O) groups is 1. The summed E-state index contributed by atoms with van der Waals surface area (Å²) in [4.78, 5) is 20.9. The van der Waals surface area contributed by atoms with Crippen molar-refractivity contribution in [2.45, 2.75) is 20.3 Å². The minimum atomic E-state index is -0.276. The number of carbonyl (C=O) groups excluding carboxylic acids is 1. The third-order valence-corrected chi connectivity index (χ3v) is 4.24. The van der Waals surface area contributed by atoms with Crippen LogP contribution in [0.15, 0.2) is 54.9 Å². The van der Waals surface area contributed by atoms with Gasteiger partial charge in [-0.05, 0) is 61.2 Å². The fraction of sp³-hybridized carbons (Fsp3) is 0.227. The Morgan fingerprint density at radius 3 is 2.32 bits per heavy atom. The highest BCUT2D eigenvalue weighted by Gasteiger charge is 2.09. The SMILES string of the molecule is COc1ccc(CCNc2cnc(C(=O)Nc3cc(C)cc(C)c3)cn2)cc1. The van der Waals surface area contributed by atoms with Crippen molar-refractivity contribution in [1.82, 2.24) is 9.97 Å². The van der Waals surface area contributed by atoms with Crippen molar-refractivity contribution in [3.63, 3.8) is 0 Å². The van der Waals surface area contributed by atoms with E-state index in [-0.39, 0.29) is 11.6 Å². The van der Waals surface area contributed by atoms with Gasteiger partial charge in [0.1, 0.15) is 17.3 Å². The molecule has 6 nitrogen and oxygen atoms in total. The molecule has 2 aromatic carbocycles. The molecule has 0 atom stereocenters. The van der Waals surface area contributed by atoms with Crippen molar-refractivity contribution in [1.29, 1.82) is 0 Å². The van der Waals surface area contributed by atoms with Gasteiger partial charge in [-0.2, -0.15) is 0 Å². The maximum Gasteiger partial charge on any atom is 0.275 e. The summed E-state index contributed by atoms with van der Waals surface area (Å²) in [5.74, 6) is 1.20. The number of amides is 1. The van der Waals surface area contributed by atoms with Gasteiger partial charge < -0.3 is 15.4 Å². The molecule has 0 radical (unpaired) electrons.